The van der Waals surface area contributed by atoms with E-state index < -0.39 is 27.8 Å². The lowest BCUT2D eigenvalue weighted by Crippen LogP contribution is -2.41. The number of amides is 1. The van der Waals surface area contributed by atoms with Crippen molar-refractivity contribution in [2.75, 3.05) is 19.7 Å². The number of rotatable bonds is 7. The molecule has 3 rings (SSSR count). The first-order valence-electron chi connectivity index (χ1n) is 10.4. The summed E-state index contributed by atoms with van der Waals surface area (Å²) in [4.78, 5) is 24.6. The number of carbonyl (C=O) groups is 2. The number of ether oxygens (including phenoxy) is 1. The molecule has 0 saturated carbocycles. The summed E-state index contributed by atoms with van der Waals surface area (Å²) in [6.07, 6.45) is 0.713. The van der Waals surface area contributed by atoms with Gasteiger partial charge in [-0.25, -0.2) is 8.42 Å². The van der Waals surface area contributed by atoms with Gasteiger partial charge in [0.25, 0.3) is 5.91 Å². The minimum atomic E-state index is -3.60. The van der Waals surface area contributed by atoms with Crippen molar-refractivity contribution in [1.82, 2.24) is 9.62 Å². The summed E-state index contributed by atoms with van der Waals surface area (Å²) in [5.41, 5.74) is 2.83. The molecule has 0 atom stereocenters. The second-order valence-corrected chi connectivity index (χ2v) is 10.3. The Morgan fingerprint density at radius 1 is 1.06 bits per heavy atom. The van der Waals surface area contributed by atoms with Crippen LogP contribution in [-0.4, -0.2) is 44.3 Å². The smallest absolute Gasteiger partial charge is 0.309 e. The zero-order chi connectivity index (χ0) is 23.3. The standard InChI is InChI=1S/C23H27ClN2O5S/c1-16-3-8-21(13-17(16)2)32(29,30)26-11-9-19(10-12-26)23(28)31-15-22(27)25-14-18-4-6-20(24)7-5-18/h3-8,13,19H,9-12,14-15H2,1-2H3,(H,25,27). The first kappa shape index (κ1) is 24.2. The largest absolute Gasteiger partial charge is 0.455 e. The van der Waals surface area contributed by atoms with E-state index in [1.165, 1.54) is 4.31 Å². The van der Waals surface area contributed by atoms with Crippen LogP contribution in [0.2, 0.25) is 5.02 Å². The van der Waals surface area contributed by atoms with Crippen molar-refractivity contribution in [1.29, 1.82) is 0 Å². The number of benzene rings is 2. The number of halogens is 1. The molecular formula is C23H27ClN2O5S. The molecule has 2 aromatic rings. The number of esters is 1. The van der Waals surface area contributed by atoms with Crippen LogP contribution in [0.15, 0.2) is 47.4 Å². The van der Waals surface area contributed by atoms with Crippen LogP contribution < -0.4 is 5.32 Å². The van der Waals surface area contributed by atoms with Crippen LogP contribution in [0.25, 0.3) is 0 Å². The lowest BCUT2D eigenvalue weighted by molar-refractivity contribution is -0.153. The van der Waals surface area contributed by atoms with Gasteiger partial charge in [0.2, 0.25) is 10.0 Å². The van der Waals surface area contributed by atoms with Gasteiger partial charge in [-0.3, -0.25) is 9.59 Å². The number of nitrogens with zero attached hydrogens (tertiary/aromatic N) is 1. The highest BCUT2D eigenvalue weighted by molar-refractivity contribution is 7.89. The van der Waals surface area contributed by atoms with E-state index in [0.717, 1.165) is 16.7 Å². The maximum absolute atomic E-state index is 12.9. The van der Waals surface area contributed by atoms with Gasteiger partial charge < -0.3 is 10.1 Å². The summed E-state index contributed by atoms with van der Waals surface area (Å²) in [6, 6.07) is 12.1. The molecule has 0 radical (unpaired) electrons. The molecule has 0 aromatic heterocycles. The fourth-order valence-corrected chi connectivity index (χ4v) is 5.15. The van der Waals surface area contributed by atoms with Crippen LogP contribution in [0.4, 0.5) is 0 Å². The molecule has 0 unspecified atom stereocenters. The van der Waals surface area contributed by atoms with Gasteiger partial charge in [-0.2, -0.15) is 4.31 Å². The number of sulfonamides is 1. The molecule has 9 heteroatoms. The van der Waals surface area contributed by atoms with E-state index >= 15 is 0 Å². The molecule has 1 fully saturated rings. The Bertz CT molecular complexity index is 1080. The maximum atomic E-state index is 12.9. The van der Waals surface area contributed by atoms with Gasteiger partial charge in [-0.05, 0) is 67.6 Å². The highest BCUT2D eigenvalue weighted by atomic mass is 35.5. The highest BCUT2D eigenvalue weighted by Gasteiger charge is 2.33. The van der Waals surface area contributed by atoms with E-state index in [9.17, 15) is 18.0 Å². The van der Waals surface area contributed by atoms with Crippen molar-refractivity contribution in [3.05, 3.63) is 64.2 Å². The van der Waals surface area contributed by atoms with Crippen LogP contribution >= 0.6 is 11.6 Å². The van der Waals surface area contributed by atoms with Crippen molar-refractivity contribution in [2.45, 2.75) is 38.1 Å². The zero-order valence-electron chi connectivity index (χ0n) is 18.1. The number of hydrogen-bond donors (Lipinski definition) is 1. The predicted molar refractivity (Wildman–Crippen MR) is 122 cm³/mol. The summed E-state index contributed by atoms with van der Waals surface area (Å²) in [7, 11) is -3.60. The molecule has 1 saturated heterocycles. The molecule has 0 spiro atoms. The quantitative estimate of drug-likeness (QED) is 0.617. The first-order chi connectivity index (χ1) is 15.2. The van der Waals surface area contributed by atoms with Gasteiger partial charge in [0.15, 0.2) is 6.61 Å². The van der Waals surface area contributed by atoms with E-state index in [1.807, 2.05) is 13.8 Å². The molecular weight excluding hydrogens is 452 g/mol. The molecule has 2 aromatic carbocycles. The van der Waals surface area contributed by atoms with E-state index in [4.69, 9.17) is 16.3 Å². The van der Waals surface area contributed by atoms with Crippen molar-refractivity contribution in [2.24, 2.45) is 5.92 Å². The van der Waals surface area contributed by atoms with Crippen LogP contribution in [0.1, 0.15) is 29.5 Å². The Balaban J connectivity index is 1.45. The van der Waals surface area contributed by atoms with E-state index in [2.05, 4.69) is 5.32 Å². The molecule has 0 aliphatic carbocycles. The van der Waals surface area contributed by atoms with E-state index in [-0.39, 0.29) is 24.6 Å². The van der Waals surface area contributed by atoms with Crippen molar-refractivity contribution < 1.29 is 22.7 Å². The second-order valence-electron chi connectivity index (χ2n) is 7.94. The molecule has 0 bridgehead atoms. The maximum Gasteiger partial charge on any atom is 0.309 e. The Hall–Kier alpha value is -2.42. The number of piperidine rings is 1. The average molecular weight is 479 g/mol. The van der Waals surface area contributed by atoms with Crippen LogP contribution in [0.5, 0.6) is 0 Å². The van der Waals surface area contributed by atoms with Crippen molar-refractivity contribution >= 4 is 33.5 Å². The van der Waals surface area contributed by atoms with Gasteiger partial charge in [0.1, 0.15) is 0 Å². The third-order valence-corrected chi connectivity index (χ3v) is 7.80. The third kappa shape index (κ3) is 6.09. The Morgan fingerprint density at radius 2 is 1.72 bits per heavy atom. The van der Waals surface area contributed by atoms with Crippen molar-refractivity contribution in [3.63, 3.8) is 0 Å². The van der Waals surface area contributed by atoms with Gasteiger partial charge in [0, 0.05) is 24.7 Å². The van der Waals surface area contributed by atoms with Crippen LogP contribution in [0.3, 0.4) is 0 Å². The summed E-state index contributed by atoms with van der Waals surface area (Å²) in [5, 5.41) is 3.30. The van der Waals surface area contributed by atoms with Crippen LogP contribution in [-0.2, 0) is 30.9 Å². The average Bonchev–Trinajstić information content (AvgIpc) is 2.79. The molecule has 32 heavy (non-hydrogen) atoms. The highest BCUT2D eigenvalue weighted by Crippen LogP contribution is 2.25. The molecule has 7 nitrogen and oxygen atoms in total. The number of nitrogens with one attached hydrogen (secondary N) is 1. The summed E-state index contributed by atoms with van der Waals surface area (Å²) in [5.74, 6) is -1.30. The number of aryl methyl sites for hydroxylation is 2. The van der Waals surface area contributed by atoms with E-state index in [1.54, 1.807) is 42.5 Å². The first-order valence-corrected chi connectivity index (χ1v) is 12.2. The summed E-state index contributed by atoms with van der Waals surface area (Å²) < 4.78 is 32.3. The molecule has 172 valence electrons. The Labute approximate surface area is 193 Å². The molecule has 1 N–H and O–H groups in total. The second kappa shape index (κ2) is 10.5. The number of carbonyl (C=O) groups excluding carboxylic acids is 2. The molecule has 1 amide bonds. The topological polar surface area (TPSA) is 92.8 Å². The van der Waals surface area contributed by atoms with Gasteiger partial charge in [0.05, 0.1) is 10.8 Å². The number of hydrogen-bond acceptors (Lipinski definition) is 5. The fourth-order valence-electron chi connectivity index (χ4n) is 3.46. The summed E-state index contributed by atoms with van der Waals surface area (Å²) >= 11 is 5.83. The minimum absolute atomic E-state index is 0.234. The lowest BCUT2D eigenvalue weighted by Gasteiger charge is -2.30. The fraction of sp³-hybridized carbons (Fsp3) is 0.391. The Morgan fingerprint density at radius 3 is 2.34 bits per heavy atom. The monoisotopic (exact) mass is 478 g/mol. The zero-order valence-corrected chi connectivity index (χ0v) is 19.7. The molecule has 1 aliphatic rings. The summed E-state index contributed by atoms with van der Waals surface area (Å²) in [6.45, 7) is 4.22. The van der Waals surface area contributed by atoms with Gasteiger partial charge in [-0.1, -0.05) is 29.8 Å². The van der Waals surface area contributed by atoms with Gasteiger partial charge in [-0.15, -0.1) is 0 Å². The van der Waals surface area contributed by atoms with Crippen LogP contribution in [0, 0.1) is 19.8 Å². The molecule has 1 heterocycles. The Kier molecular flexibility index (Phi) is 7.92. The van der Waals surface area contributed by atoms with E-state index in [0.29, 0.717) is 24.4 Å². The minimum Gasteiger partial charge on any atom is -0.455 e. The third-order valence-electron chi connectivity index (χ3n) is 5.65. The lowest BCUT2D eigenvalue weighted by atomic mass is 9.98. The molecule has 1 aliphatic heterocycles. The van der Waals surface area contributed by atoms with Crippen molar-refractivity contribution in [3.8, 4) is 0 Å². The SMILES string of the molecule is Cc1ccc(S(=O)(=O)N2CCC(C(=O)OCC(=O)NCc3ccc(Cl)cc3)CC2)cc1C. The van der Waals surface area contributed by atoms with Gasteiger partial charge >= 0.3 is 5.97 Å². The normalized spacial score (nSPS) is 15.3. The predicted octanol–water partition coefficient (Wildman–Crippen LogP) is 3.22.